The van der Waals surface area contributed by atoms with Gasteiger partial charge in [-0.15, -0.1) is 0 Å². The van der Waals surface area contributed by atoms with Crippen LogP contribution in [0.3, 0.4) is 0 Å². The lowest BCUT2D eigenvalue weighted by molar-refractivity contribution is 0.661. The summed E-state index contributed by atoms with van der Waals surface area (Å²) in [7, 11) is 0. The van der Waals surface area contributed by atoms with Gasteiger partial charge in [0.1, 0.15) is 22.3 Å². The summed E-state index contributed by atoms with van der Waals surface area (Å²) in [6, 6.07) is 38.7. The van der Waals surface area contributed by atoms with Gasteiger partial charge < -0.3 is 8.83 Å². The maximum atomic E-state index is 6.21. The Balaban J connectivity index is 1.06. The molecule has 0 fully saturated rings. The van der Waals surface area contributed by atoms with Gasteiger partial charge >= 0.3 is 0 Å². The molecule has 2 heteroatoms. The predicted octanol–water partition coefficient (Wildman–Crippen LogP) is 9.06. The second kappa shape index (κ2) is 8.73. The minimum absolute atomic E-state index is 0.961. The van der Waals surface area contributed by atoms with E-state index in [0.717, 1.165) is 48.0 Å². The molecule has 0 amide bonds. The quantitative estimate of drug-likeness (QED) is 0.244. The second-order valence-electron chi connectivity index (χ2n) is 9.60. The number of para-hydroxylation sites is 4. The molecule has 0 radical (unpaired) electrons. The van der Waals surface area contributed by atoms with Crippen molar-refractivity contribution >= 4 is 43.9 Å². The van der Waals surface area contributed by atoms with E-state index < -0.39 is 0 Å². The monoisotopic (exact) mass is 466 g/mol. The van der Waals surface area contributed by atoms with Crippen LogP contribution in [0.25, 0.3) is 43.9 Å². The molecule has 0 spiro atoms. The molecule has 0 aliphatic heterocycles. The number of aryl methyl sites for hydroxylation is 4. The Morgan fingerprint density at radius 2 is 0.778 bits per heavy atom. The molecule has 2 nitrogen and oxygen atoms in total. The molecule has 0 aliphatic rings. The van der Waals surface area contributed by atoms with Crippen LogP contribution >= 0.6 is 0 Å². The van der Waals surface area contributed by atoms with Gasteiger partial charge in [0, 0.05) is 21.5 Å². The molecule has 36 heavy (non-hydrogen) atoms. The third-order valence-electron chi connectivity index (χ3n) is 7.36. The largest absolute Gasteiger partial charge is 0.456 e. The van der Waals surface area contributed by atoms with E-state index >= 15 is 0 Å². The normalized spacial score (nSPS) is 11.8. The Kier molecular flexibility index (Phi) is 5.10. The van der Waals surface area contributed by atoms with Crippen molar-refractivity contribution in [2.24, 2.45) is 0 Å². The zero-order valence-corrected chi connectivity index (χ0v) is 20.0. The van der Waals surface area contributed by atoms with Crippen molar-refractivity contribution in [2.45, 2.75) is 25.7 Å². The smallest absolute Gasteiger partial charge is 0.138 e. The zero-order valence-electron chi connectivity index (χ0n) is 20.0. The molecular weight excluding hydrogens is 440 g/mol. The Bertz CT molecular complexity index is 1700. The van der Waals surface area contributed by atoms with Crippen molar-refractivity contribution in [2.75, 3.05) is 0 Å². The van der Waals surface area contributed by atoms with Crippen molar-refractivity contribution in [3.63, 3.8) is 0 Å². The number of hydrogen-bond acceptors (Lipinski definition) is 2. The molecular formula is C34H26O2. The SMILES string of the molecule is c1ccc2c(c1)oc1c(CCc3ccc(CCc4cccc5c4oc4ccccc45)cc3)cccc12. The molecule has 0 bridgehead atoms. The van der Waals surface area contributed by atoms with E-state index in [0.29, 0.717) is 0 Å². The van der Waals surface area contributed by atoms with E-state index in [2.05, 4.69) is 84.9 Å². The van der Waals surface area contributed by atoms with Gasteiger partial charge in [0.15, 0.2) is 0 Å². The first-order valence-corrected chi connectivity index (χ1v) is 12.7. The minimum atomic E-state index is 0.961. The fraction of sp³-hybridized carbons (Fsp3) is 0.118. The maximum absolute atomic E-state index is 6.21. The van der Waals surface area contributed by atoms with Gasteiger partial charge in [-0.3, -0.25) is 0 Å². The van der Waals surface area contributed by atoms with Gasteiger partial charge in [-0.2, -0.15) is 0 Å². The first kappa shape index (κ1) is 21.0. The lowest BCUT2D eigenvalue weighted by atomic mass is 9.99. The highest BCUT2D eigenvalue weighted by atomic mass is 16.3. The zero-order chi connectivity index (χ0) is 23.9. The molecule has 2 aromatic heterocycles. The Morgan fingerprint density at radius 1 is 0.361 bits per heavy atom. The molecule has 7 aromatic rings. The van der Waals surface area contributed by atoms with E-state index in [1.807, 2.05) is 24.3 Å². The van der Waals surface area contributed by atoms with E-state index in [1.54, 1.807) is 0 Å². The van der Waals surface area contributed by atoms with Crippen molar-refractivity contribution < 1.29 is 8.83 Å². The van der Waals surface area contributed by atoms with Crippen LogP contribution in [0.15, 0.2) is 118 Å². The van der Waals surface area contributed by atoms with Gasteiger partial charge in [-0.05, 0) is 60.1 Å². The molecule has 0 N–H and O–H groups in total. The summed E-state index contributed by atoms with van der Waals surface area (Å²) in [5.41, 5.74) is 9.21. The van der Waals surface area contributed by atoms with Crippen LogP contribution < -0.4 is 0 Å². The van der Waals surface area contributed by atoms with Crippen LogP contribution in [0.2, 0.25) is 0 Å². The summed E-state index contributed by atoms with van der Waals surface area (Å²) in [6.45, 7) is 0. The number of hydrogen-bond donors (Lipinski definition) is 0. The second-order valence-corrected chi connectivity index (χ2v) is 9.60. The predicted molar refractivity (Wildman–Crippen MR) is 149 cm³/mol. The minimum Gasteiger partial charge on any atom is -0.456 e. The fourth-order valence-electron chi connectivity index (χ4n) is 5.44. The van der Waals surface area contributed by atoms with Crippen LogP contribution in [-0.4, -0.2) is 0 Å². The van der Waals surface area contributed by atoms with Gasteiger partial charge in [0.25, 0.3) is 0 Å². The summed E-state index contributed by atoms with van der Waals surface area (Å²) in [5.74, 6) is 0. The van der Waals surface area contributed by atoms with E-state index in [9.17, 15) is 0 Å². The van der Waals surface area contributed by atoms with Crippen molar-refractivity contribution in [3.05, 3.63) is 131 Å². The molecule has 0 saturated carbocycles. The first-order valence-electron chi connectivity index (χ1n) is 12.7. The number of benzene rings is 5. The summed E-state index contributed by atoms with van der Waals surface area (Å²) in [6.07, 6.45) is 3.92. The van der Waals surface area contributed by atoms with E-state index in [1.165, 1.54) is 43.8 Å². The van der Waals surface area contributed by atoms with Crippen LogP contribution in [0.1, 0.15) is 22.3 Å². The first-order chi connectivity index (χ1) is 17.8. The number of fused-ring (bicyclic) bond motifs is 6. The van der Waals surface area contributed by atoms with Gasteiger partial charge in [0.2, 0.25) is 0 Å². The molecule has 2 heterocycles. The van der Waals surface area contributed by atoms with Crippen LogP contribution in [-0.2, 0) is 25.7 Å². The summed E-state index contributed by atoms with van der Waals surface area (Å²) >= 11 is 0. The Labute approximate surface area is 209 Å². The van der Waals surface area contributed by atoms with Crippen molar-refractivity contribution in [1.82, 2.24) is 0 Å². The summed E-state index contributed by atoms with van der Waals surface area (Å²) < 4.78 is 12.4. The van der Waals surface area contributed by atoms with Crippen LogP contribution in [0.5, 0.6) is 0 Å². The topological polar surface area (TPSA) is 26.3 Å². The lowest BCUT2D eigenvalue weighted by Crippen LogP contribution is -1.95. The molecule has 0 aliphatic carbocycles. The van der Waals surface area contributed by atoms with Gasteiger partial charge in [0.05, 0.1) is 0 Å². The van der Waals surface area contributed by atoms with Crippen molar-refractivity contribution in [1.29, 1.82) is 0 Å². The highest BCUT2D eigenvalue weighted by Crippen LogP contribution is 2.32. The lowest BCUT2D eigenvalue weighted by Gasteiger charge is -2.06. The number of furan rings is 2. The molecule has 5 aromatic carbocycles. The van der Waals surface area contributed by atoms with E-state index in [-0.39, 0.29) is 0 Å². The Morgan fingerprint density at radius 3 is 1.25 bits per heavy atom. The standard InChI is InChI=1S/C34H26O2/c1-3-13-31-27(9-1)29-11-5-7-25(33(29)35-31)21-19-23-15-17-24(18-16-23)20-22-26-8-6-12-30-28-10-2-4-14-32(28)36-34(26)30/h1-18H,19-22H2. The Hall–Kier alpha value is -4.30. The molecule has 0 atom stereocenters. The van der Waals surface area contributed by atoms with Crippen LogP contribution in [0, 0.1) is 0 Å². The molecule has 0 saturated heterocycles. The van der Waals surface area contributed by atoms with Crippen molar-refractivity contribution in [3.8, 4) is 0 Å². The molecule has 174 valence electrons. The highest BCUT2D eigenvalue weighted by Gasteiger charge is 2.12. The summed E-state index contributed by atoms with van der Waals surface area (Å²) in [5, 5.41) is 4.80. The average Bonchev–Trinajstić information content (AvgIpc) is 3.50. The third kappa shape index (κ3) is 3.67. The average molecular weight is 467 g/mol. The number of rotatable bonds is 6. The van der Waals surface area contributed by atoms with Crippen LogP contribution in [0.4, 0.5) is 0 Å². The maximum Gasteiger partial charge on any atom is 0.138 e. The highest BCUT2D eigenvalue weighted by molar-refractivity contribution is 6.06. The summed E-state index contributed by atoms with van der Waals surface area (Å²) in [4.78, 5) is 0. The molecule has 0 unspecified atom stereocenters. The molecule has 7 rings (SSSR count). The fourth-order valence-corrected chi connectivity index (χ4v) is 5.44. The van der Waals surface area contributed by atoms with Gasteiger partial charge in [-0.25, -0.2) is 0 Å². The van der Waals surface area contributed by atoms with Gasteiger partial charge in [-0.1, -0.05) is 97.1 Å². The third-order valence-corrected chi connectivity index (χ3v) is 7.36. The van der Waals surface area contributed by atoms with E-state index in [4.69, 9.17) is 8.83 Å².